The highest BCUT2D eigenvalue weighted by molar-refractivity contribution is 4.90. The molecule has 1 atom stereocenters. The molecule has 1 aliphatic rings. The Balaban J connectivity index is 2.25. The van der Waals surface area contributed by atoms with Gasteiger partial charge in [-0.2, -0.15) is 0 Å². The molecule has 0 bridgehead atoms. The maximum absolute atomic E-state index is 8.67. The van der Waals surface area contributed by atoms with Crippen LogP contribution in [-0.4, -0.2) is 11.7 Å². The van der Waals surface area contributed by atoms with E-state index in [2.05, 4.69) is 6.58 Å². The number of aliphatic hydroxyl groups excluding tert-OH is 1. The van der Waals surface area contributed by atoms with E-state index in [0.717, 1.165) is 5.92 Å². The summed E-state index contributed by atoms with van der Waals surface area (Å²) in [6, 6.07) is 0. The van der Waals surface area contributed by atoms with Gasteiger partial charge in [-0.1, -0.05) is 6.08 Å². The van der Waals surface area contributed by atoms with Crippen molar-refractivity contribution in [3.8, 4) is 0 Å². The summed E-state index contributed by atoms with van der Waals surface area (Å²) in [6.45, 7) is 3.92. The molecule has 1 unspecified atom stereocenters. The van der Waals surface area contributed by atoms with Crippen LogP contribution in [0.3, 0.4) is 0 Å². The Kier molecular flexibility index (Phi) is 1.69. The van der Waals surface area contributed by atoms with Gasteiger partial charge in [0.2, 0.25) is 0 Å². The van der Waals surface area contributed by atoms with Crippen LogP contribution < -0.4 is 0 Å². The van der Waals surface area contributed by atoms with Crippen molar-refractivity contribution >= 4 is 0 Å². The van der Waals surface area contributed by atoms with Crippen molar-refractivity contribution in [2.24, 2.45) is 11.8 Å². The third-order valence-corrected chi connectivity index (χ3v) is 1.74. The minimum Gasteiger partial charge on any atom is -0.396 e. The first-order valence-electron chi connectivity index (χ1n) is 3.12. The lowest BCUT2D eigenvalue weighted by molar-refractivity contribution is 0.239. The molecule has 1 N–H and O–H groups in total. The molecule has 1 nitrogen and oxygen atoms in total. The maximum Gasteiger partial charge on any atom is 0.0496 e. The normalized spacial score (nSPS) is 22.6. The van der Waals surface area contributed by atoms with Crippen molar-refractivity contribution in [1.82, 2.24) is 0 Å². The summed E-state index contributed by atoms with van der Waals surface area (Å²) in [5, 5.41) is 8.67. The molecule has 0 aliphatic heterocycles. The molecular weight excluding hydrogens is 100 g/mol. The van der Waals surface area contributed by atoms with Gasteiger partial charge in [-0.05, 0) is 18.8 Å². The standard InChI is InChI=1S/C7H12O/c1-2-6(5-8)7-3-4-7/h2,6-8H,1,3-5H2. The van der Waals surface area contributed by atoms with E-state index >= 15 is 0 Å². The fourth-order valence-corrected chi connectivity index (χ4v) is 0.940. The first-order chi connectivity index (χ1) is 3.88. The van der Waals surface area contributed by atoms with Gasteiger partial charge >= 0.3 is 0 Å². The molecule has 8 heavy (non-hydrogen) atoms. The Labute approximate surface area is 50.0 Å². The van der Waals surface area contributed by atoms with E-state index in [9.17, 15) is 0 Å². The Bertz CT molecular complexity index is 84.4. The molecule has 1 heteroatoms. The van der Waals surface area contributed by atoms with Crippen LogP contribution in [0.2, 0.25) is 0 Å². The van der Waals surface area contributed by atoms with Gasteiger partial charge in [0.15, 0.2) is 0 Å². The number of aliphatic hydroxyl groups is 1. The third-order valence-electron chi connectivity index (χ3n) is 1.74. The zero-order valence-corrected chi connectivity index (χ0v) is 5.01. The van der Waals surface area contributed by atoms with Crippen molar-refractivity contribution in [3.63, 3.8) is 0 Å². The van der Waals surface area contributed by atoms with E-state index in [1.807, 2.05) is 6.08 Å². The van der Waals surface area contributed by atoms with Gasteiger partial charge in [-0.25, -0.2) is 0 Å². The first-order valence-corrected chi connectivity index (χ1v) is 3.12. The van der Waals surface area contributed by atoms with Gasteiger partial charge in [0.25, 0.3) is 0 Å². The van der Waals surface area contributed by atoms with E-state index in [1.165, 1.54) is 12.8 Å². The van der Waals surface area contributed by atoms with Crippen molar-refractivity contribution in [2.45, 2.75) is 12.8 Å². The molecule has 0 heterocycles. The summed E-state index contributed by atoms with van der Waals surface area (Å²) < 4.78 is 0. The topological polar surface area (TPSA) is 20.2 Å². The maximum atomic E-state index is 8.67. The van der Waals surface area contributed by atoms with Gasteiger partial charge < -0.3 is 5.11 Å². The average Bonchev–Trinajstić information content (AvgIpc) is 2.53. The lowest BCUT2D eigenvalue weighted by Gasteiger charge is -2.03. The van der Waals surface area contributed by atoms with Crippen LogP contribution in [-0.2, 0) is 0 Å². The second kappa shape index (κ2) is 2.31. The quantitative estimate of drug-likeness (QED) is 0.544. The Morgan fingerprint density at radius 2 is 2.38 bits per heavy atom. The van der Waals surface area contributed by atoms with Crippen LogP contribution in [0.5, 0.6) is 0 Å². The Hall–Kier alpha value is -0.300. The van der Waals surface area contributed by atoms with E-state index in [1.54, 1.807) is 0 Å². The molecule has 1 fully saturated rings. The fourth-order valence-electron chi connectivity index (χ4n) is 0.940. The van der Waals surface area contributed by atoms with Crippen LogP contribution in [0.15, 0.2) is 12.7 Å². The largest absolute Gasteiger partial charge is 0.396 e. The fraction of sp³-hybridized carbons (Fsp3) is 0.714. The van der Waals surface area contributed by atoms with Crippen molar-refractivity contribution in [3.05, 3.63) is 12.7 Å². The summed E-state index contributed by atoms with van der Waals surface area (Å²) in [7, 11) is 0. The van der Waals surface area contributed by atoms with E-state index < -0.39 is 0 Å². The molecule has 0 aromatic rings. The summed E-state index contributed by atoms with van der Waals surface area (Å²) in [5.41, 5.74) is 0. The van der Waals surface area contributed by atoms with E-state index in [-0.39, 0.29) is 6.61 Å². The number of rotatable bonds is 3. The molecule has 0 radical (unpaired) electrons. The second-order valence-electron chi connectivity index (χ2n) is 2.42. The molecule has 1 aliphatic carbocycles. The third kappa shape index (κ3) is 1.10. The van der Waals surface area contributed by atoms with Crippen LogP contribution in [0.4, 0.5) is 0 Å². The van der Waals surface area contributed by atoms with Crippen molar-refractivity contribution in [2.75, 3.05) is 6.61 Å². The molecule has 0 aromatic carbocycles. The smallest absolute Gasteiger partial charge is 0.0496 e. The summed E-state index contributed by atoms with van der Waals surface area (Å²) in [6.07, 6.45) is 4.44. The molecule has 1 rings (SSSR count). The summed E-state index contributed by atoms with van der Waals surface area (Å²) >= 11 is 0. The van der Waals surface area contributed by atoms with Gasteiger partial charge in [0.05, 0.1) is 0 Å². The molecule has 0 amide bonds. The molecule has 1 saturated carbocycles. The van der Waals surface area contributed by atoms with E-state index in [4.69, 9.17) is 5.11 Å². The molecule has 0 saturated heterocycles. The van der Waals surface area contributed by atoms with Gasteiger partial charge in [0.1, 0.15) is 0 Å². The summed E-state index contributed by atoms with van der Waals surface area (Å²) in [4.78, 5) is 0. The van der Waals surface area contributed by atoms with Gasteiger partial charge in [-0.15, -0.1) is 6.58 Å². The van der Waals surface area contributed by atoms with Gasteiger partial charge in [0, 0.05) is 12.5 Å². The lowest BCUT2D eigenvalue weighted by Crippen LogP contribution is -2.03. The number of hydrogen-bond acceptors (Lipinski definition) is 1. The van der Waals surface area contributed by atoms with E-state index in [0.29, 0.717) is 5.92 Å². The van der Waals surface area contributed by atoms with Crippen LogP contribution in [0.1, 0.15) is 12.8 Å². The van der Waals surface area contributed by atoms with Crippen LogP contribution >= 0.6 is 0 Å². The van der Waals surface area contributed by atoms with Crippen molar-refractivity contribution in [1.29, 1.82) is 0 Å². The second-order valence-corrected chi connectivity index (χ2v) is 2.42. The highest BCUT2D eigenvalue weighted by Gasteiger charge is 2.27. The Morgan fingerprint density at radius 3 is 2.50 bits per heavy atom. The SMILES string of the molecule is C=CC(CO)C1CC1. The van der Waals surface area contributed by atoms with Crippen LogP contribution in [0.25, 0.3) is 0 Å². The molecule has 0 aromatic heterocycles. The number of hydrogen-bond donors (Lipinski definition) is 1. The highest BCUT2D eigenvalue weighted by Crippen LogP contribution is 2.36. The Morgan fingerprint density at radius 1 is 1.75 bits per heavy atom. The lowest BCUT2D eigenvalue weighted by atomic mass is 10.1. The highest BCUT2D eigenvalue weighted by atomic mass is 16.3. The van der Waals surface area contributed by atoms with Crippen molar-refractivity contribution < 1.29 is 5.11 Å². The molecule has 0 spiro atoms. The first kappa shape index (κ1) is 5.83. The monoisotopic (exact) mass is 112 g/mol. The minimum atomic E-state index is 0.286. The zero-order valence-electron chi connectivity index (χ0n) is 5.01. The summed E-state index contributed by atoms with van der Waals surface area (Å²) in [5.74, 6) is 1.15. The molecule has 46 valence electrons. The predicted molar refractivity (Wildman–Crippen MR) is 33.5 cm³/mol. The zero-order chi connectivity index (χ0) is 5.98. The average molecular weight is 112 g/mol. The minimum absolute atomic E-state index is 0.286. The van der Waals surface area contributed by atoms with Gasteiger partial charge in [-0.3, -0.25) is 0 Å². The van der Waals surface area contributed by atoms with Crippen LogP contribution in [0, 0.1) is 11.8 Å². The predicted octanol–water partition coefficient (Wildman–Crippen LogP) is 1.19. The molecular formula is C7H12O.